The molecule has 0 heterocycles. The number of nitrogens with one attached hydrogen (secondary N) is 1. The fourth-order valence-electron chi connectivity index (χ4n) is 2.72. The standard InChI is InChI=1S/C14H19N3O4.ClH/c1-21-12-5-4-10(8-11(12)17(19)20)13(18)16-14(9-15)6-2-3-7-14;/h4-5,8H,2-3,6-7,9,15H2,1H3,(H,16,18);1H. The Bertz CT molecular complexity index is 559. The third-order valence-electron chi connectivity index (χ3n) is 3.97. The number of nitro benzene ring substituents is 1. The molecule has 0 aromatic heterocycles. The molecule has 1 aliphatic rings. The summed E-state index contributed by atoms with van der Waals surface area (Å²) in [7, 11) is 1.35. The van der Waals surface area contributed by atoms with Crippen LogP contribution in [0.2, 0.25) is 0 Å². The van der Waals surface area contributed by atoms with Crippen molar-refractivity contribution in [1.82, 2.24) is 5.32 Å². The Morgan fingerprint density at radius 3 is 2.59 bits per heavy atom. The Hall–Kier alpha value is -1.86. The van der Waals surface area contributed by atoms with Gasteiger partial charge in [0, 0.05) is 18.2 Å². The Morgan fingerprint density at radius 2 is 2.09 bits per heavy atom. The number of nitrogens with zero attached hydrogens (tertiary/aromatic N) is 1. The Balaban J connectivity index is 0.00000242. The molecule has 0 spiro atoms. The second-order valence-electron chi connectivity index (χ2n) is 5.29. The van der Waals surface area contributed by atoms with E-state index in [1.165, 1.54) is 25.3 Å². The second-order valence-corrected chi connectivity index (χ2v) is 5.29. The predicted octanol–water partition coefficient (Wildman–Crippen LogP) is 2.03. The van der Waals surface area contributed by atoms with Crippen LogP contribution in [0, 0.1) is 10.1 Å². The molecule has 0 saturated heterocycles. The van der Waals surface area contributed by atoms with Gasteiger partial charge in [0.2, 0.25) is 0 Å². The number of amides is 1. The van der Waals surface area contributed by atoms with Gasteiger partial charge in [-0.05, 0) is 25.0 Å². The summed E-state index contributed by atoms with van der Waals surface area (Å²) in [5.41, 5.74) is 5.41. The van der Waals surface area contributed by atoms with Gasteiger partial charge < -0.3 is 15.8 Å². The number of hydrogen-bond donors (Lipinski definition) is 2. The maximum atomic E-state index is 12.3. The predicted molar refractivity (Wildman–Crippen MR) is 84.6 cm³/mol. The number of rotatable bonds is 5. The summed E-state index contributed by atoms with van der Waals surface area (Å²) in [4.78, 5) is 22.7. The molecule has 0 atom stereocenters. The van der Waals surface area contributed by atoms with E-state index in [9.17, 15) is 14.9 Å². The lowest BCUT2D eigenvalue weighted by Crippen LogP contribution is -2.51. The molecule has 1 saturated carbocycles. The molecule has 0 unspecified atom stereocenters. The van der Waals surface area contributed by atoms with Crippen molar-refractivity contribution in [3.8, 4) is 5.75 Å². The first-order valence-electron chi connectivity index (χ1n) is 6.86. The summed E-state index contributed by atoms with van der Waals surface area (Å²) in [6.45, 7) is 0.372. The van der Waals surface area contributed by atoms with Crippen molar-refractivity contribution in [3.05, 3.63) is 33.9 Å². The lowest BCUT2D eigenvalue weighted by Gasteiger charge is -2.28. The third kappa shape index (κ3) is 3.66. The van der Waals surface area contributed by atoms with Crippen LogP contribution in [0.15, 0.2) is 18.2 Å². The highest BCUT2D eigenvalue weighted by atomic mass is 35.5. The normalized spacial score (nSPS) is 15.7. The van der Waals surface area contributed by atoms with Crippen LogP contribution in [0.4, 0.5) is 5.69 Å². The van der Waals surface area contributed by atoms with E-state index in [0.29, 0.717) is 6.54 Å². The topological polar surface area (TPSA) is 107 Å². The second kappa shape index (κ2) is 7.42. The van der Waals surface area contributed by atoms with E-state index in [1.807, 2.05) is 0 Å². The fourth-order valence-corrected chi connectivity index (χ4v) is 2.72. The number of ether oxygens (including phenoxy) is 1. The first-order chi connectivity index (χ1) is 10.0. The molecule has 2 rings (SSSR count). The molecule has 0 bridgehead atoms. The number of carbonyl (C=O) groups is 1. The van der Waals surface area contributed by atoms with Crippen molar-refractivity contribution >= 4 is 24.0 Å². The molecule has 122 valence electrons. The van der Waals surface area contributed by atoms with Crippen LogP contribution in [0.1, 0.15) is 36.0 Å². The molecular formula is C14H20ClN3O4. The van der Waals surface area contributed by atoms with E-state index in [1.54, 1.807) is 0 Å². The summed E-state index contributed by atoms with van der Waals surface area (Å²) in [6.07, 6.45) is 3.74. The Kier molecular flexibility index (Phi) is 6.13. The number of methoxy groups -OCH3 is 1. The van der Waals surface area contributed by atoms with Gasteiger partial charge in [-0.3, -0.25) is 14.9 Å². The van der Waals surface area contributed by atoms with Gasteiger partial charge in [0.15, 0.2) is 5.75 Å². The third-order valence-corrected chi connectivity index (χ3v) is 3.97. The summed E-state index contributed by atoms with van der Waals surface area (Å²) < 4.78 is 4.92. The highest BCUT2D eigenvalue weighted by Gasteiger charge is 2.34. The van der Waals surface area contributed by atoms with Crippen molar-refractivity contribution in [2.24, 2.45) is 5.73 Å². The monoisotopic (exact) mass is 329 g/mol. The van der Waals surface area contributed by atoms with Crippen molar-refractivity contribution in [1.29, 1.82) is 0 Å². The van der Waals surface area contributed by atoms with Gasteiger partial charge in [0.25, 0.3) is 5.91 Å². The number of carbonyl (C=O) groups excluding carboxylic acids is 1. The lowest BCUT2D eigenvalue weighted by atomic mass is 9.97. The van der Waals surface area contributed by atoms with E-state index in [4.69, 9.17) is 10.5 Å². The van der Waals surface area contributed by atoms with Crippen LogP contribution in [-0.2, 0) is 0 Å². The zero-order chi connectivity index (χ0) is 15.5. The van der Waals surface area contributed by atoms with Crippen LogP contribution >= 0.6 is 12.4 Å². The average Bonchev–Trinajstić information content (AvgIpc) is 2.95. The smallest absolute Gasteiger partial charge is 0.311 e. The highest BCUT2D eigenvalue weighted by molar-refractivity contribution is 5.95. The molecule has 1 aliphatic carbocycles. The van der Waals surface area contributed by atoms with Crippen molar-refractivity contribution in [2.45, 2.75) is 31.2 Å². The molecule has 7 nitrogen and oxygen atoms in total. The highest BCUT2D eigenvalue weighted by Crippen LogP contribution is 2.30. The molecule has 3 N–H and O–H groups in total. The van der Waals surface area contributed by atoms with Crippen LogP contribution < -0.4 is 15.8 Å². The van der Waals surface area contributed by atoms with Gasteiger partial charge in [0.1, 0.15) is 0 Å². The zero-order valence-corrected chi connectivity index (χ0v) is 13.1. The molecular weight excluding hydrogens is 310 g/mol. The van der Waals surface area contributed by atoms with Gasteiger partial charge in [-0.25, -0.2) is 0 Å². The van der Waals surface area contributed by atoms with Crippen molar-refractivity contribution in [2.75, 3.05) is 13.7 Å². The van der Waals surface area contributed by atoms with Crippen LogP contribution in [0.3, 0.4) is 0 Å². The van der Waals surface area contributed by atoms with E-state index in [0.717, 1.165) is 25.7 Å². The molecule has 22 heavy (non-hydrogen) atoms. The summed E-state index contributed by atoms with van der Waals surface area (Å²) in [6, 6.07) is 4.17. The molecule has 1 aromatic carbocycles. The first-order valence-corrected chi connectivity index (χ1v) is 6.86. The minimum absolute atomic E-state index is 0. The number of halogens is 1. The van der Waals surface area contributed by atoms with Gasteiger partial charge >= 0.3 is 5.69 Å². The Morgan fingerprint density at radius 1 is 1.45 bits per heavy atom. The summed E-state index contributed by atoms with van der Waals surface area (Å²) in [5, 5.41) is 13.9. The number of hydrogen-bond acceptors (Lipinski definition) is 5. The Labute approximate surface area is 134 Å². The summed E-state index contributed by atoms with van der Waals surface area (Å²) in [5.74, 6) is -0.209. The van der Waals surface area contributed by atoms with Crippen LogP contribution in [0.25, 0.3) is 0 Å². The quantitative estimate of drug-likeness (QED) is 0.634. The van der Waals surface area contributed by atoms with Crippen molar-refractivity contribution in [3.63, 3.8) is 0 Å². The SMILES string of the molecule is COc1ccc(C(=O)NC2(CN)CCCC2)cc1[N+](=O)[O-].Cl. The van der Waals surface area contributed by atoms with Crippen molar-refractivity contribution < 1.29 is 14.5 Å². The number of benzene rings is 1. The van der Waals surface area contributed by atoms with Gasteiger partial charge in [-0.1, -0.05) is 12.8 Å². The van der Waals surface area contributed by atoms with E-state index < -0.39 is 4.92 Å². The van der Waals surface area contributed by atoms with Crippen LogP contribution in [0.5, 0.6) is 5.75 Å². The fraction of sp³-hybridized carbons (Fsp3) is 0.500. The lowest BCUT2D eigenvalue weighted by molar-refractivity contribution is -0.385. The number of nitrogens with two attached hydrogens (primary N) is 1. The van der Waals surface area contributed by atoms with Gasteiger partial charge in [-0.15, -0.1) is 12.4 Å². The molecule has 1 amide bonds. The molecule has 8 heteroatoms. The molecule has 0 aliphatic heterocycles. The maximum Gasteiger partial charge on any atom is 0.311 e. The van der Waals surface area contributed by atoms with E-state index >= 15 is 0 Å². The first kappa shape index (κ1) is 18.2. The van der Waals surface area contributed by atoms with E-state index in [2.05, 4.69) is 5.32 Å². The minimum Gasteiger partial charge on any atom is -0.490 e. The molecule has 1 aromatic rings. The largest absolute Gasteiger partial charge is 0.490 e. The van der Waals surface area contributed by atoms with Gasteiger partial charge in [-0.2, -0.15) is 0 Å². The average molecular weight is 330 g/mol. The zero-order valence-electron chi connectivity index (χ0n) is 12.3. The molecule has 0 radical (unpaired) electrons. The summed E-state index contributed by atoms with van der Waals surface area (Å²) >= 11 is 0. The minimum atomic E-state index is -0.566. The van der Waals surface area contributed by atoms with Crippen LogP contribution in [-0.4, -0.2) is 30.0 Å². The number of nitro groups is 1. The van der Waals surface area contributed by atoms with E-state index in [-0.39, 0.29) is 40.9 Å². The van der Waals surface area contributed by atoms with Gasteiger partial charge in [0.05, 0.1) is 17.6 Å². The molecule has 1 fully saturated rings. The maximum absolute atomic E-state index is 12.3.